The molecule has 48 valence electrons. The minimum Gasteiger partial charge on any atom is -0.377 e. The molecule has 2 unspecified atom stereocenters. The molecular weight excluding hydrogens is 108 g/mol. The number of hydrogen-bond acceptors (Lipinski definition) is 4. The molecule has 0 spiro atoms. The van der Waals surface area contributed by atoms with Gasteiger partial charge in [-0.25, -0.2) is 10.9 Å². The van der Waals surface area contributed by atoms with Crippen LogP contribution in [0, 0.1) is 0 Å². The first kappa shape index (κ1) is 5.97. The quantitative estimate of drug-likeness (QED) is 0.313. The zero-order valence-corrected chi connectivity index (χ0v) is 4.46. The highest BCUT2D eigenvalue weighted by Gasteiger charge is 2.13. The van der Waals surface area contributed by atoms with Crippen LogP contribution in [0.2, 0.25) is 0 Å². The molecule has 4 nitrogen and oxygen atoms in total. The van der Waals surface area contributed by atoms with Crippen molar-refractivity contribution in [2.75, 3.05) is 0 Å². The Balaban J connectivity index is 2.19. The van der Waals surface area contributed by atoms with Gasteiger partial charge in [0.25, 0.3) is 0 Å². The molecule has 0 aromatic rings. The van der Waals surface area contributed by atoms with Crippen molar-refractivity contribution in [2.24, 2.45) is 0 Å². The first-order chi connectivity index (χ1) is 3.79. The van der Waals surface area contributed by atoms with E-state index in [1.807, 2.05) is 0 Å². The van der Waals surface area contributed by atoms with Crippen LogP contribution in [0.5, 0.6) is 0 Å². The number of nitrogens with one attached hydrogen (secondary N) is 2. The van der Waals surface area contributed by atoms with Crippen molar-refractivity contribution in [3.63, 3.8) is 0 Å². The van der Waals surface area contributed by atoms with E-state index in [4.69, 9.17) is 10.2 Å². The molecule has 0 aromatic carbocycles. The van der Waals surface area contributed by atoms with E-state index in [0.29, 0.717) is 12.8 Å². The number of aliphatic hydroxyl groups excluding tert-OH is 2. The van der Waals surface area contributed by atoms with Crippen molar-refractivity contribution < 1.29 is 10.2 Å². The maximum absolute atomic E-state index is 8.74. The molecule has 0 aliphatic carbocycles. The summed E-state index contributed by atoms with van der Waals surface area (Å²) in [6.45, 7) is 0. The van der Waals surface area contributed by atoms with Crippen molar-refractivity contribution >= 4 is 0 Å². The number of rotatable bonds is 0. The Morgan fingerprint density at radius 2 is 1.38 bits per heavy atom. The highest BCUT2D eigenvalue weighted by Crippen LogP contribution is 2.00. The van der Waals surface area contributed by atoms with Crippen LogP contribution in [0.15, 0.2) is 0 Å². The third-order valence-electron chi connectivity index (χ3n) is 1.13. The molecule has 1 aliphatic rings. The van der Waals surface area contributed by atoms with Crippen molar-refractivity contribution in [3.05, 3.63) is 0 Å². The molecule has 1 heterocycles. The minimum absolute atomic E-state index is 0.501. The van der Waals surface area contributed by atoms with Gasteiger partial charge in [-0.15, -0.1) is 0 Å². The fourth-order valence-electron chi connectivity index (χ4n) is 0.652. The van der Waals surface area contributed by atoms with E-state index in [0.717, 1.165) is 0 Å². The summed E-state index contributed by atoms with van der Waals surface area (Å²) in [5, 5.41) is 17.5. The van der Waals surface area contributed by atoms with Gasteiger partial charge < -0.3 is 10.2 Å². The van der Waals surface area contributed by atoms with Gasteiger partial charge in [-0.1, -0.05) is 0 Å². The Hall–Kier alpha value is -0.160. The van der Waals surface area contributed by atoms with E-state index in [-0.39, 0.29) is 0 Å². The lowest BCUT2D eigenvalue weighted by atomic mass is 10.2. The Morgan fingerprint density at radius 3 is 1.62 bits per heavy atom. The Kier molecular flexibility index (Phi) is 1.80. The summed E-state index contributed by atoms with van der Waals surface area (Å²) in [6, 6.07) is 0. The van der Waals surface area contributed by atoms with Gasteiger partial charge in [0.1, 0.15) is 12.5 Å². The molecule has 4 heteroatoms. The molecule has 2 atom stereocenters. The zero-order valence-electron chi connectivity index (χ0n) is 4.46. The summed E-state index contributed by atoms with van der Waals surface area (Å²) in [6.07, 6.45) is 0.208. The van der Waals surface area contributed by atoms with Gasteiger partial charge in [-0.3, -0.25) is 0 Å². The summed E-state index contributed by atoms with van der Waals surface area (Å²) in [5.41, 5.74) is 4.97. The standard InChI is InChI=1S/C4H10N2O2/c7-3-1-2-4(8)6-5-3/h3-8H,1-2H2. The van der Waals surface area contributed by atoms with Crippen LogP contribution in [-0.4, -0.2) is 22.7 Å². The lowest BCUT2D eigenvalue weighted by Gasteiger charge is -2.23. The predicted molar refractivity (Wildman–Crippen MR) is 27.5 cm³/mol. The first-order valence-electron chi connectivity index (χ1n) is 2.66. The maximum atomic E-state index is 8.74. The largest absolute Gasteiger partial charge is 0.377 e. The van der Waals surface area contributed by atoms with Crippen LogP contribution < -0.4 is 10.9 Å². The second-order valence-corrected chi connectivity index (χ2v) is 1.90. The molecular formula is C4H10N2O2. The summed E-state index contributed by atoms with van der Waals surface area (Å²) >= 11 is 0. The van der Waals surface area contributed by atoms with Crippen LogP contribution in [0.3, 0.4) is 0 Å². The molecule has 1 fully saturated rings. The molecule has 4 N–H and O–H groups in total. The second-order valence-electron chi connectivity index (χ2n) is 1.90. The van der Waals surface area contributed by atoms with Gasteiger partial charge in [0.05, 0.1) is 0 Å². The fourth-order valence-corrected chi connectivity index (χ4v) is 0.652. The van der Waals surface area contributed by atoms with Gasteiger partial charge in [-0.05, 0) is 12.8 Å². The normalized spacial score (nSPS) is 39.8. The molecule has 0 radical (unpaired) electrons. The van der Waals surface area contributed by atoms with Crippen molar-refractivity contribution in [2.45, 2.75) is 25.3 Å². The van der Waals surface area contributed by atoms with Gasteiger partial charge in [-0.2, -0.15) is 0 Å². The summed E-state index contributed by atoms with van der Waals surface area (Å²) in [4.78, 5) is 0. The van der Waals surface area contributed by atoms with Gasteiger partial charge >= 0.3 is 0 Å². The highest BCUT2D eigenvalue weighted by atomic mass is 16.3. The smallest absolute Gasteiger partial charge is 0.117 e. The monoisotopic (exact) mass is 118 g/mol. The van der Waals surface area contributed by atoms with E-state index in [1.54, 1.807) is 0 Å². The second kappa shape index (κ2) is 2.41. The molecule has 1 rings (SSSR count). The third-order valence-corrected chi connectivity index (χ3v) is 1.13. The van der Waals surface area contributed by atoms with Crippen LogP contribution in [0.1, 0.15) is 12.8 Å². The van der Waals surface area contributed by atoms with Crippen LogP contribution >= 0.6 is 0 Å². The molecule has 0 saturated carbocycles. The predicted octanol–water partition coefficient (Wildman–Crippen LogP) is -1.49. The van der Waals surface area contributed by atoms with Gasteiger partial charge in [0, 0.05) is 0 Å². The lowest BCUT2D eigenvalue weighted by molar-refractivity contribution is 0.000618. The number of aliphatic hydroxyl groups is 2. The Bertz CT molecular complexity index is 60.4. The fraction of sp³-hybridized carbons (Fsp3) is 1.00. The molecule has 1 saturated heterocycles. The van der Waals surface area contributed by atoms with Gasteiger partial charge in [0.15, 0.2) is 0 Å². The average Bonchev–Trinajstić information content (AvgIpc) is 1.77. The van der Waals surface area contributed by atoms with Gasteiger partial charge in [0.2, 0.25) is 0 Å². The molecule has 0 amide bonds. The van der Waals surface area contributed by atoms with E-state index < -0.39 is 12.5 Å². The topological polar surface area (TPSA) is 64.5 Å². The van der Waals surface area contributed by atoms with E-state index >= 15 is 0 Å². The molecule has 1 aliphatic heterocycles. The maximum Gasteiger partial charge on any atom is 0.117 e. The Labute approximate surface area is 47.5 Å². The van der Waals surface area contributed by atoms with E-state index in [9.17, 15) is 0 Å². The average molecular weight is 118 g/mol. The molecule has 0 bridgehead atoms. The zero-order chi connectivity index (χ0) is 5.98. The highest BCUT2D eigenvalue weighted by molar-refractivity contribution is 4.61. The van der Waals surface area contributed by atoms with E-state index in [1.165, 1.54) is 0 Å². The molecule has 8 heavy (non-hydrogen) atoms. The molecule has 0 aromatic heterocycles. The summed E-state index contributed by atoms with van der Waals surface area (Å²) in [7, 11) is 0. The number of hydrogen-bond donors (Lipinski definition) is 4. The van der Waals surface area contributed by atoms with Crippen LogP contribution in [0.25, 0.3) is 0 Å². The SMILES string of the molecule is OC1CCC(O)NN1. The third kappa shape index (κ3) is 1.41. The minimum atomic E-state index is -0.501. The van der Waals surface area contributed by atoms with Crippen LogP contribution in [0.4, 0.5) is 0 Å². The van der Waals surface area contributed by atoms with Crippen molar-refractivity contribution in [3.8, 4) is 0 Å². The summed E-state index contributed by atoms with van der Waals surface area (Å²) in [5.74, 6) is 0. The number of hydrazine groups is 1. The summed E-state index contributed by atoms with van der Waals surface area (Å²) < 4.78 is 0. The van der Waals surface area contributed by atoms with Crippen LogP contribution in [-0.2, 0) is 0 Å². The van der Waals surface area contributed by atoms with Crippen molar-refractivity contribution in [1.29, 1.82) is 0 Å². The van der Waals surface area contributed by atoms with E-state index in [2.05, 4.69) is 10.9 Å². The first-order valence-corrected chi connectivity index (χ1v) is 2.66. The Morgan fingerprint density at radius 1 is 1.00 bits per heavy atom. The lowest BCUT2D eigenvalue weighted by Crippen LogP contribution is -2.51. The van der Waals surface area contributed by atoms with Crippen molar-refractivity contribution in [1.82, 2.24) is 10.9 Å².